The van der Waals surface area contributed by atoms with Crippen molar-refractivity contribution in [2.45, 2.75) is 32.2 Å². The van der Waals surface area contributed by atoms with Crippen molar-refractivity contribution < 1.29 is 14.3 Å². The van der Waals surface area contributed by atoms with Crippen LogP contribution in [-0.4, -0.2) is 87.8 Å². The van der Waals surface area contributed by atoms with Gasteiger partial charge in [-0.1, -0.05) is 12.1 Å². The Morgan fingerprint density at radius 3 is 2.63 bits per heavy atom. The topological polar surface area (TPSA) is 91.8 Å². The predicted molar refractivity (Wildman–Crippen MR) is 145 cm³/mol. The van der Waals surface area contributed by atoms with Gasteiger partial charge in [-0.2, -0.15) is 0 Å². The van der Waals surface area contributed by atoms with Crippen molar-refractivity contribution in [2.75, 3.05) is 46.4 Å². The molecule has 4 heterocycles. The quantitative estimate of drug-likeness (QED) is 0.507. The summed E-state index contributed by atoms with van der Waals surface area (Å²) in [4.78, 5) is 45.1. The minimum atomic E-state index is -0.0812. The Morgan fingerprint density at radius 2 is 1.87 bits per heavy atom. The number of fused-ring (bicyclic) bond motifs is 1. The Balaban J connectivity index is 1.35. The number of para-hydroxylation sites is 1. The van der Waals surface area contributed by atoms with Gasteiger partial charge in [0.05, 0.1) is 24.9 Å². The molecule has 0 unspecified atom stereocenters. The van der Waals surface area contributed by atoms with Crippen LogP contribution in [0.15, 0.2) is 54.4 Å². The third kappa shape index (κ3) is 6.19. The number of hydrogen-bond donors (Lipinski definition) is 0. The number of likely N-dealkylation sites (N-methyl/N-ethyl adjacent to an activating group) is 1. The molecule has 1 aromatic carbocycles. The van der Waals surface area contributed by atoms with Crippen LogP contribution in [0, 0.1) is 5.41 Å². The molecule has 1 saturated heterocycles. The summed E-state index contributed by atoms with van der Waals surface area (Å²) in [5, 5.41) is 3.09. The van der Waals surface area contributed by atoms with E-state index in [9.17, 15) is 9.59 Å². The monoisotopic (exact) mass is 534 g/mol. The largest absolute Gasteiger partial charge is 0.492 e. The summed E-state index contributed by atoms with van der Waals surface area (Å²) in [5.74, 6) is 0.514. The van der Waals surface area contributed by atoms with Crippen molar-refractivity contribution in [1.29, 1.82) is 0 Å². The highest BCUT2D eigenvalue weighted by Crippen LogP contribution is 2.38. The number of nitrogens with zero attached hydrogens (tertiary/aromatic N) is 6. The van der Waals surface area contributed by atoms with Crippen LogP contribution < -0.4 is 4.74 Å². The molecule has 0 atom stereocenters. The van der Waals surface area contributed by atoms with Gasteiger partial charge in [-0.25, -0.2) is 9.97 Å². The predicted octanol–water partition coefficient (Wildman–Crippen LogP) is 3.60. The molecule has 2 aliphatic rings. The maximum atomic E-state index is 13.3. The molecule has 1 spiro atoms. The lowest BCUT2D eigenvalue weighted by molar-refractivity contribution is 0.0345. The number of carbonyl (C=O) groups excluding carboxylic acids is 2. The molecule has 1 fully saturated rings. The number of likely N-dealkylation sites (tertiary alicyclic amines) is 1. The molecule has 0 N–H and O–H groups in total. The van der Waals surface area contributed by atoms with Gasteiger partial charge in [0.25, 0.3) is 11.8 Å². The summed E-state index contributed by atoms with van der Waals surface area (Å²) in [6.07, 6.45) is 10.2. The van der Waals surface area contributed by atoms with E-state index in [0.29, 0.717) is 43.2 Å². The molecule has 5 rings (SSSR count). The molecule has 0 radical (unpaired) electrons. The number of carbonyl (C=O) groups is 2. The number of benzene rings is 1. The smallest absolute Gasteiger partial charge is 0.274 e. The van der Waals surface area contributed by atoms with E-state index in [0.717, 1.165) is 50.3 Å². The number of thiazole rings is 1. The molecule has 38 heavy (non-hydrogen) atoms. The number of amides is 2. The average Bonchev–Trinajstić information content (AvgIpc) is 3.48. The van der Waals surface area contributed by atoms with Gasteiger partial charge in [-0.15, -0.1) is 11.3 Å². The van der Waals surface area contributed by atoms with E-state index in [1.54, 1.807) is 28.6 Å². The van der Waals surface area contributed by atoms with Crippen LogP contribution >= 0.6 is 11.3 Å². The fourth-order valence-corrected chi connectivity index (χ4v) is 5.95. The molecule has 2 amide bonds. The number of aromatic nitrogens is 3. The van der Waals surface area contributed by atoms with Crippen molar-refractivity contribution in [3.63, 3.8) is 0 Å². The van der Waals surface area contributed by atoms with Crippen molar-refractivity contribution in [3.05, 3.63) is 70.7 Å². The van der Waals surface area contributed by atoms with Gasteiger partial charge >= 0.3 is 0 Å². The minimum Gasteiger partial charge on any atom is -0.492 e. The van der Waals surface area contributed by atoms with Crippen LogP contribution in [0.1, 0.15) is 51.5 Å². The lowest BCUT2D eigenvalue weighted by Crippen LogP contribution is -2.46. The second kappa shape index (κ2) is 12.0. The SMILES string of the molecule is CN1CCN(Cc2nccs2)CCCC2(CCN(C(=O)c3cnccn3)CC2)COc2ccccc2C1=O. The Labute approximate surface area is 227 Å². The van der Waals surface area contributed by atoms with Crippen LogP contribution in [0.3, 0.4) is 0 Å². The summed E-state index contributed by atoms with van der Waals surface area (Å²) < 4.78 is 6.41. The van der Waals surface area contributed by atoms with Crippen LogP contribution in [0.2, 0.25) is 0 Å². The number of piperidine rings is 1. The molecule has 200 valence electrons. The number of ether oxygens (including phenoxy) is 1. The average molecular weight is 535 g/mol. The van der Waals surface area contributed by atoms with Gasteiger partial charge in [0.15, 0.2) is 0 Å². The van der Waals surface area contributed by atoms with Crippen LogP contribution in [0.5, 0.6) is 5.75 Å². The maximum absolute atomic E-state index is 13.3. The van der Waals surface area contributed by atoms with Crippen molar-refractivity contribution in [3.8, 4) is 5.75 Å². The molecular weight excluding hydrogens is 500 g/mol. The Bertz CT molecular complexity index is 1210. The van der Waals surface area contributed by atoms with Crippen molar-refractivity contribution in [2.24, 2.45) is 5.41 Å². The van der Waals surface area contributed by atoms with Gasteiger partial charge in [0, 0.05) is 62.6 Å². The van der Waals surface area contributed by atoms with Gasteiger partial charge in [-0.3, -0.25) is 19.5 Å². The first kappa shape index (κ1) is 26.2. The second-order valence-corrected chi connectivity index (χ2v) is 11.2. The van der Waals surface area contributed by atoms with Crippen LogP contribution in [0.25, 0.3) is 0 Å². The summed E-state index contributed by atoms with van der Waals surface area (Å²) in [5.41, 5.74) is 0.887. The van der Waals surface area contributed by atoms with Crippen molar-refractivity contribution in [1.82, 2.24) is 29.7 Å². The highest BCUT2D eigenvalue weighted by molar-refractivity contribution is 7.09. The summed E-state index contributed by atoms with van der Waals surface area (Å²) in [6.45, 7) is 4.90. The van der Waals surface area contributed by atoms with E-state index in [2.05, 4.69) is 19.9 Å². The first-order valence-electron chi connectivity index (χ1n) is 13.2. The van der Waals surface area contributed by atoms with E-state index < -0.39 is 0 Å². The second-order valence-electron chi connectivity index (χ2n) is 10.2. The highest BCUT2D eigenvalue weighted by Gasteiger charge is 2.37. The zero-order valence-corrected chi connectivity index (χ0v) is 22.6. The van der Waals surface area contributed by atoms with E-state index >= 15 is 0 Å². The Hall–Kier alpha value is -3.37. The fraction of sp³-hybridized carbons (Fsp3) is 0.464. The standard InChI is InChI=1S/C28H34N6O3S/c1-32-16-17-33(20-25-31-12-18-38-25)13-4-7-28(21-37-24-6-3-2-5-22(24)26(32)35)8-14-34(15-9-28)27(36)23-19-29-10-11-30-23/h2-3,5-6,10-12,18-19H,4,7-9,13-17,20-21H2,1H3. The molecule has 3 aromatic rings. The fourth-order valence-electron chi connectivity index (χ4n) is 5.29. The van der Waals surface area contributed by atoms with E-state index in [1.807, 2.05) is 47.8 Å². The molecule has 0 saturated carbocycles. The van der Waals surface area contributed by atoms with Crippen molar-refractivity contribution >= 4 is 23.2 Å². The lowest BCUT2D eigenvalue weighted by Gasteiger charge is -2.42. The van der Waals surface area contributed by atoms with Crippen LogP contribution in [-0.2, 0) is 6.54 Å². The summed E-state index contributed by atoms with van der Waals surface area (Å²) >= 11 is 1.66. The highest BCUT2D eigenvalue weighted by atomic mass is 32.1. The Morgan fingerprint density at radius 1 is 1.03 bits per heavy atom. The lowest BCUT2D eigenvalue weighted by atomic mass is 9.75. The normalized spacial score (nSPS) is 19.1. The van der Waals surface area contributed by atoms with E-state index in [1.165, 1.54) is 6.20 Å². The maximum Gasteiger partial charge on any atom is 0.274 e. The molecule has 2 aromatic heterocycles. The molecule has 2 aliphatic heterocycles. The first-order chi connectivity index (χ1) is 18.5. The molecule has 10 heteroatoms. The van der Waals surface area contributed by atoms with E-state index in [-0.39, 0.29) is 17.2 Å². The molecule has 9 nitrogen and oxygen atoms in total. The number of rotatable bonds is 3. The molecule has 0 aliphatic carbocycles. The summed E-state index contributed by atoms with van der Waals surface area (Å²) in [7, 11) is 1.85. The van der Waals surface area contributed by atoms with Gasteiger partial charge in [-0.05, 0) is 44.4 Å². The third-order valence-corrected chi connectivity index (χ3v) is 8.43. The molecule has 0 bridgehead atoms. The van der Waals surface area contributed by atoms with Gasteiger partial charge < -0.3 is 14.5 Å². The van der Waals surface area contributed by atoms with Crippen LogP contribution in [0.4, 0.5) is 0 Å². The minimum absolute atomic E-state index is 0.0347. The zero-order valence-electron chi connectivity index (χ0n) is 21.8. The third-order valence-electron chi connectivity index (χ3n) is 7.67. The molecular formula is C28H34N6O3S. The zero-order chi connectivity index (χ0) is 26.4. The van der Waals surface area contributed by atoms with E-state index in [4.69, 9.17) is 4.74 Å². The number of hydrogen-bond acceptors (Lipinski definition) is 8. The van der Waals surface area contributed by atoms with Gasteiger partial charge in [0.2, 0.25) is 0 Å². The Kier molecular flexibility index (Phi) is 8.29. The van der Waals surface area contributed by atoms with Gasteiger partial charge in [0.1, 0.15) is 16.5 Å². The first-order valence-corrected chi connectivity index (χ1v) is 14.0. The summed E-state index contributed by atoms with van der Waals surface area (Å²) in [6, 6.07) is 7.52.